The maximum absolute atomic E-state index is 3.71. The van der Waals surface area contributed by atoms with Crippen LogP contribution in [0.4, 0.5) is 0 Å². The maximum Gasteiger partial charge on any atom is 0.0241 e. The van der Waals surface area contributed by atoms with Crippen LogP contribution in [0.5, 0.6) is 0 Å². The predicted octanol–water partition coefficient (Wildman–Crippen LogP) is 2.46. The van der Waals surface area contributed by atoms with Gasteiger partial charge in [0, 0.05) is 24.7 Å². The fraction of sp³-hybridized carbons (Fsp3) is 0.692. The highest BCUT2D eigenvalue weighted by molar-refractivity contribution is 7.07. The summed E-state index contributed by atoms with van der Waals surface area (Å²) in [5.74, 6) is 0. The van der Waals surface area contributed by atoms with Gasteiger partial charge in [-0.2, -0.15) is 11.3 Å². The van der Waals surface area contributed by atoms with Gasteiger partial charge in [-0.3, -0.25) is 4.90 Å². The molecule has 2 bridgehead atoms. The summed E-state index contributed by atoms with van der Waals surface area (Å²) in [6, 6.07) is 4.64. The first kappa shape index (κ1) is 10.8. The summed E-state index contributed by atoms with van der Waals surface area (Å²) in [5.41, 5.74) is 1.47. The zero-order valence-corrected chi connectivity index (χ0v) is 10.7. The molecule has 1 aromatic heterocycles. The highest BCUT2D eigenvalue weighted by Gasteiger charge is 2.34. The number of hydrogen-bond donors (Lipinski definition) is 1. The van der Waals surface area contributed by atoms with Crippen LogP contribution in [0, 0.1) is 0 Å². The topological polar surface area (TPSA) is 15.3 Å². The van der Waals surface area contributed by atoms with Crippen molar-refractivity contribution in [2.75, 3.05) is 7.05 Å². The fourth-order valence-corrected chi connectivity index (χ4v) is 3.85. The second-order valence-corrected chi connectivity index (χ2v) is 6.09. The average molecular weight is 236 g/mol. The quantitative estimate of drug-likeness (QED) is 0.867. The van der Waals surface area contributed by atoms with Crippen LogP contribution in [0.3, 0.4) is 0 Å². The van der Waals surface area contributed by atoms with Crippen molar-refractivity contribution in [3.05, 3.63) is 22.4 Å². The van der Waals surface area contributed by atoms with Gasteiger partial charge in [0.25, 0.3) is 0 Å². The molecule has 0 radical (unpaired) electrons. The van der Waals surface area contributed by atoms with Crippen molar-refractivity contribution in [1.29, 1.82) is 0 Å². The zero-order valence-electron chi connectivity index (χ0n) is 9.86. The van der Waals surface area contributed by atoms with Crippen molar-refractivity contribution in [1.82, 2.24) is 10.2 Å². The summed E-state index contributed by atoms with van der Waals surface area (Å²) in [6.07, 6.45) is 5.48. The molecule has 2 saturated heterocycles. The molecule has 0 aliphatic carbocycles. The molecule has 2 aliphatic heterocycles. The first-order chi connectivity index (χ1) is 7.81. The third kappa shape index (κ3) is 2.17. The Hall–Kier alpha value is -0.380. The van der Waals surface area contributed by atoms with Crippen molar-refractivity contribution in [2.24, 2.45) is 0 Å². The molecule has 0 saturated carbocycles. The number of fused-ring (bicyclic) bond motifs is 2. The van der Waals surface area contributed by atoms with Crippen molar-refractivity contribution in [3.63, 3.8) is 0 Å². The number of nitrogens with zero attached hydrogens (tertiary/aromatic N) is 1. The third-order valence-electron chi connectivity index (χ3n) is 4.08. The van der Waals surface area contributed by atoms with Gasteiger partial charge < -0.3 is 5.32 Å². The average Bonchev–Trinajstić information content (AvgIpc) is 2.89. The van der Waals surface area contributed by atoms with Crippen LogP contribution in [-0.4, -0.2) is 30.1 Å². The number of nitrogens with one attached hydrogen (secondary N) is 1. The molecule has 1 N–H and O–H groups in total. The molecule has 2 fully saturated rings. The van der Waals surface area contributed by atoms with E-state index < -0.39 is 0 Å². The molecular weight excluding hydrogens is 216 g/mol. The Labute approximate surface area is 102 Å². The SMILES string of the molecule is CN(Cc1ccsc1)C1CC2CCC(C1)N2. The van der Waals surface area contributed by atoms with E-state index in [9.17, 15) is 0 Å². The summed E-state index contributed by atoms with van der Waals surface area (Å²) in [6.45, 7) is 1.12. The van der Waals surface area contributed by atoms with E-state index in [1.807, 2.05) is 0 Å². The minimum atomic E-state index is 0.790. The Morgan fingerprint density at radius 3 is 2.75 bits per heavy atom. The van der Waals surface area contributed by atoms with Crippen LogP contribution in [0.25, 0.3) is 0 Å². The van der Waals surface area contributed by atoms with Crippen LogP contribution >= 0.6 is 11.3 Å². The fourth-order valence-electron chi connectivity index (χ4n) is 3.19. The van der Waals surface area contributed by atoms with Crippen molar-refractivity contribution in [3.8, 4) is 0 Å². The van der Waals surface area contributed by atoms with E-state index >= 15 is 0 Å². The van der Waals surface area contributed by atoms with Gasteiger partial charge in [-0.05, 0) is 55.1 Å². The van der Waals surface area contributed by atoms with Gasteiger partial charge in [0.05, 0.1) is 0 Å². The highest BCUT2D eigenvalue weighted by Crippen LogP contribution is 2.29. The normalized spacial score (nSPS) is 33.5. The van der Waals surface area contributed by atoms with E-state index in [0.29, 0.717) is 0 Å². The molecule has 2 atom stereocenters. The Bertz CT molecular complexity index is 324. The molecule has 2 unspecified atom stereocenters. The molecule has 0 amide bonds. The number of rotatable bonds is 3. The highest BCUT2D eigenvalue weighted by atomic mass is 32.1. The summed E-state index contributed by atoms with van der Waals surface area (Å²) in [4.78, 5) is 2.55. The van der Waals surface area contributed by atoms with E-state index in [2.05, 4.69) is 34.1 Å². The largest absolute Gasteiger partial charge is 0.311 e. The van der Waals surface area contributed by atoms with Crippen molar-refractivity contribution < 1.29 is 0 Å². The molecule has 3 heteroatoms. The molecule has 0 spiro atoms. The first-order valence-electron chi connectivity index (χ1n) is 6.28. The lowest BCUT2D eigenvalue weighted by Gasteiger charge is -2.35. The second-order valence-electron chi connectivity index (χ2n) is 5.31. The molecular formula is C13H20N2S. The Morgan fingerprint density at radius 2 is 2.12 bits per heavy atom. The van der Waals surface area contributed by atoms with Gasteiger partial charge in [0.15, 0.2) is 0 Å². The van der Waals surface area contributed by atoms with E-state index in [4.69, 9.17) is 0 Å². The van der Waals surface area contributed by atoms with Crippen molar-refractivity contribution >= 4 is 11.3 Å². The zero-order chi connectivity index (χ0) is 11.0. The molecule has 0 aromatic carbocycles. The van der Waals surface area contributed by atoms with E-state index in [1.165, 1.54) is 31.2 Å². The Kier molecular flexibility index (Phi) is 3.01. The maximum atomic E-state index is 3.71. The minimum absolute atomic E-state index is 0.790. The minimum Gasteiger partial charge on any atom is -0.311 e. The molecule has 88 valence electrons. The summed E-state index contributed by atoms with van der Waals surface area (Å²) in [5, 5.41) is 8.16. The molecule has 3 heterocycles. The van der Waals surface area contributed by atoms with Crippen LogP contribution in [-0.2, 0) is 6.54 Å². The number of hydrogen-bond acceptors (Lipinski definition) is 3. The Balaban J connectivity index is 1.60. The summed E-state index contributed by atoms with van der Waals surface area (Å²) < 4.78 is 0. The third-order valence-corrected chi connectivity index (χ3v) is 4.82. The Morgan fingerprint density at radius 1 is 1.38 bits per heavy atom. The monoisotopic (exact) mass is 236 g/mol. The second kappa shape index (κ2) is 4.47. The molecule has 1 aromatic rings. The molecule has 16 heavy (non-hydrogen) atoms. The van der Waals surface area contributed by atoms with Gasteiger partial charge in [0.2, 0.25) is 0 Å². The van der Waals surface area contributed by atoms with Crippen LogP contribution < -0.4 is 5.32 Å². The van der Waals surface area contributed by atoms with E-state index in [1.54, 1.807) is 11.3 Å². The van der Waals surface area contributed by atoms with Gasteiger partial charge in [-0.1, -0.05) is 0 Å². The summed E-state index contributed by atoms with van der Waals surface area (Å²) >= 11 is 1.80. The van der Waals surface area contributed by atoms with Gasteiger partial charge in [-0.25, -0.2) is 0 Å². The molecule has 3 rings (SSSR count). The summed E-state index contributed by atoms with van der Waals surface area (Å²) in [7, 11) is 2.28. The predicted molar refractivity (Wildman–Crippen MR) is 68.8 cm³/mol. The lowest BCUT2D eigenvalue weighted by atomic mass is 9.98. The van der Waals surface area contributed by atoms with E-state index in [-0.39, 0.29) is 0 Å². The molecule has 2 aliphatic rings. The van der Waals surface area contributed by atoms with Crippen LogP contribution in [0.2, 0.25) is 0 Å². The van der Waals surface area contributed by atoms with Gasteiger partial charge in [0.1, 0.15) is 0 Å². The lowest BCUT2D eigenvalue weighted by molar-refractivity contribution is 0.166. The van der Waals surface area contributed by atoms with Crippen LogP contribution in [0.15, 0.2) is 16.8 Å². The molecule has 2 nitrogen and oxygen atoms in total. The van der Waals surface area contributed by atoms with Crippen molar-refractivity contribution in [2.45, 2.75) is 50.4 Å². The van der Waals surface area contributed by atoms with E-state index in [0.717, 1.165) is 24.7 Å². The van der Waals surface area contributed by atoms with Crippen LogP contribution in [0.1, 0.15) is 31.2 Å². The van der Waals surface area contributed by atoms with Gasteiger partial charge in [-0.15, -0.1) is 0 Å². The smallest absolute Gasteiger partial charge is 0.0241 e. The standard InChI is InChI=1S/C13H20N2S/c1-15(8-10-4-5-16-9-10)13-6-11-2-3-12(7-13)14-11/h4-5,9,11-14H,2-3,6-8H2,1H3. The number of piperidine rings is 1. The van der Waals surface area contributed by atoms with Gasteiger partial charge >= 0.3 is 0 Å². The lowest BCUT2D eigenvalue weighted by Crippen LogP contribution is -2.46. The number of thiophene rings is 1. The first-order valence-corrected chi connectivity index (χ1v) is 7.23.